The van der Waals surface area contributed by atoms with E-state index < -0.39 is 0 Å². The molecule has 1 aliphatic rings. The third-order valence-corrected chi connectivity index (χ3v) is 4.74. The van der Waals surface area contributed by atoms with Crippen molar-refractivity contribution in [2.45, 2.75) is 32.2 Å². The zero-order valence-electron chi connectivity index (χ0n) is 15.1. The number of piperidine rings is 1. The normalized spacial score (nSPS) is 16.9. The van der Waals surface area contributed by atoms with Crippen molar-refractivity contribution in [1.29, 1.82) is 0 Å². The van der Waals surface area contributed by atoms with Gasteiger partial charge in [0.05, 0.1) is 6.04 Å². The molecule has 1 aliphatic heterocycles. The summed E-state index contributed by atoms with van der Waals surface area (Å²) in [6.07, 6.45) is 6.68. The highest BCUT2D eigenvalue weighted by atomic mass is 16.4. The molecule has 0 bridgehead atoms. The lowest BCUT2D eigenvalue weighted by atomic mass is 9.97. The summed E-state index contributed by atoms with van der Waals surface area (Å²) in [7, 11) is 0. The minimum absolute atomic E-state index is 0.0630. The number of hydrogen-bond donors (Lipinski definition) is 1. The summed E-state index contributed by atoms with van der Waals surface area (Å²) in [4.78, 5) is 19.0. The van der Waals surface area contributed by atoms with Gasteiger partial charge < -0.3 is 14.6 Å². The first-order valence-corrected chi connectivity index (χ1v) is 9.09. The van der Waals surface area contributed by atoms with Gasteiger partial charge in [-0.2, -0.15) is 0 Å². The molecule has 1 saturated heterocycles. The topological polar surface area (TPSA) is 84.2 Å². The highest BCUT2D eigenvalue weighted by Crippen LogP contribution is 2.31. The maximum Gasteiger partial charge on any atom is 0.322 e. The Kier molecular flexibility index (Phi) is 4.82. The fourth-order valence-corrected chi connectivity index (χ4v) is 3.40. The lowest BCUT2D eigenvalue weighted by Gasteiger charge is -2.35. The molecule has 27 heavy (non-hydrogen) atoms. The number of pyridine rings is 1. The summed E-state index contributed by atoms with van der Waals surface area (Å²) in [5, 5.41) is 10.8. The van der Waals surface area contributed by atoms with Gasteiger partial charge in [0.1, 0.15) is 0 Å². The van der Waals surface area contributed by atoms with Crippen LogP contribution in [0.2, 0.25) is 0 Å². The number of likely N-dealkylation sites (tertiary alicyclic amines) is 1. The lowest BCUT2D eigenvalue weighted by molar-refractivity contribution is 0.163. The van der Waals surface area contributed by atoms with Gasteiger partial charge in [0.15, 0.2) is 0 Å². The number of benzene rings is 1. The van der Waals surface area contributed by atoms with Crippen molar-refractivity contribution < 1.29 is 9.21 Å². The molecule has 0 unspecified atom stereocenters. The summed E-state index contributed by atoms with van der Waals surface area (Å²) in [5.74, 6) is 0.993. The van der Waals surface area contributed by atoms with Crippen LogP contribution in [0.4, 0.5) is 10.5 Å². The number of nitrogens with zero attached hydrogens (tertiary/aromatic N) is 4. The fraction of sp³-hybridized carbons (Fsp3) is 0.300. The zero-order chi connectivity index (χ0) is 18.6. The van der Waals surface area contributed by atoms with Crippen molar-refractivity contribution >= 4 is 11.7 Å². The quantitative estimate of drug-likeness (QED) is 0.754. The summed E-state index contributed by atoms with van der Waals surface area (Å²) >= 11 is 0. The van der Waals surface area contributed by atoms with E-state index in [1.807, 2.05) is 47.5 Å². The summed E-state index contributed by atoms with van der Waals surface area (Å²) in [6, 6.07) is 11.3. The lowest BCUT2D eigenvalue weighted by Crippen LogP contribution is -2.41. The molecule has 1 fully saturated rings. The maximum atomic E-state index is 12.9. The van der Waals surface area contributed by atoms with Gasteiger partial charge >= 0.3 is 6.03 Å². The number of rotatable bonds is 3. The molecule has 2 aromatic heterocycles. The second-order valence-electron chi connectivity index (χ2n) is 6.63. The Morgan fingerprint density at radius 1 is 1.19 bits per heavy atom. The van der Waals surface area contributed by atoms with Crippen molar-refractivity contribution in [3.8, 4) is 11.5 Å². The molecule has 0 radical (unpaired) electrons. The standard InChI is InChI=1S/C20H21N5O2/c1-14-23-24-19(27-14)15-7-9-17(10-8-15)22-20(26)25-12-3-2-6-18(25)16-5-4-11-21-13-16/h4-5,7-11,13,18H,2-3,6,12H2,1H3,(H,22,26)/t18-/m1/s1. The van der Waals surface area contributed by atoms with E-state index in [1.165, 1.54) is 0 Å². The second kappa shape index (κ2) is 7.57. The van der Waals surface area contributed by atoms with Gasteiger partial charge in [-0.05, 0) is 55.2 Å². The molecule has 4 rings (SSSR count). The largest absolute Gasteiger partial charge is 0.421 e. The Balaban J connectivity index is 1.47. The fourth-order valence-electron chi connectivity index (χ4n) is 3.40. The molecular weight excluding hydrogens is 342 g/mol. The molecule has 7 heteroatoms. The van der Waals surface area contributed by atoms with E-state index in [0.717, 1.165) is 42.6 Å². The number of carbonyl (C=O) groups is 1. The van der Waals surface area contributed by atoms with Crippen LogP contribution < -0.4 is 5.32 Å². The van der Waals surface area contributed by atoms with Crippen molar-refractivity contribution in [2.75, 3.05) is 11.9 Å². The van der Waals surface area contributed by atoms with Gasteiger partial charge in [-0.25, -0.2) is 4.79 Å². The van der Waals surface area contributed by atoms with Crippen LogP contribution in [-0.2, 0) is 0 Å². The van der Waals surface area contributed by atoms with Crippen LogP contribution in [0.5, 0.6) is 0 Å². The van der Waals surface area contributed by atoms with Crippen LogP contribution in [0.25, 0.3) is 11.5 Å². The van der Waals surface area contributed by atoms with Crippen LogP contribution in [0.15, 0.2) is 53.2 Å². The number of nitrogens with one attached hydrogen (secondary N) is 1. The zero-order valence-corrected chi connectivity index (χ0v) is 15.1. The molecule has 0 spiro atoms. The molecule has 0 saturated carbocycles. The number of hydrogen-bond acceptors (Lipinski definition) is 5. The number of aromatic nitrogens is 3. The van der Waals surface area contributed by atoms with Crippen molar-refractivity contribution in [1.82, 2.24) is 20.1 Å². The van der Waals surface area contributed by atoms with Crippen molar-refractivity contribution in [3.05, 3.63) is 60.2 Å². The third kappa shape index (κ3) is 3.81. The smallest absolute Gasteiger partial charge is 0.322 e. The monoisotopic (exact) mass is 363 g/mol. The SMILES string of the molecule is Cc1nnc(-c2ccc(NC(=O)N3CCCC[C@@H]3c3cccnc3)cc2)o1. The van der Waals surface area contributed by atoms with Gasteiger partial charge in [0, 0.05) is 37.1 Å². The van der Waals surface area contributed by atoms with Crippen LogP contribution in [0.1, 0.15) is 36.8 Å². The first kappa shape index (κ1) is 17.2. The minimum Gasteiger partial charge on any atom is -0.421 e. The maximum absolute atomic E-state index is 12.9. The number of carbonyl (C=O) groups excluding carboxylic acids is 1. The number of urea groups is 1. The summed E-state index contributed by atoms with van der Waals surface area (Å²) < 4.78 is 5.43. The Labute approximate surface area is 157 Å². The molecule has 1 aromatic carbocycles. The minimum atomic E-state index is -0.0927. The molecular formula is C20H21N5O2. The molecule has 0 aliphatic carbocycles. The van der Waals surface area contributed by atoms with E-state index in [4.69, 9.17) is 4.42 Å². The van der Waals surface area contributed by atoms with E-state index in [-0.39, 0.29) is 12.1 Å². The van der Waals surface area contributed by atoms with Crippen LogP contribution in [0.3, 0.4) is 0 Å². The molecule has 3 heterocycles. The molecule has 1 atom stereocenters. The number of amides is 2. The van der Waals surface area contributed by atoms with Gasteiger partial charge in [-0.15, -0.1) is 10.2 Å². The summed E-state index contributed by atoms with van der Waals surface area (Å²) in [6.45, 7) is 2.49. The predicted octanol–water partition coefficient (Wildman–Crippen LogP) is 4.20. The van der Waals surface area contributed by atoms with Crippen LogP contribution in [0, 0.1) is 6.92 Å². The number of anilines is 1. The second-order valence-corrected chi connectivity index (χ2v) is 6.63. The summed E-state index contributed by atoms with van der Waals surface area (Å²) in [5.41, 5.74) is 2.63. The van der Waals surface area contributed by atoms with E-state index in [2.05, 4.69) is 20.5 Å². The molecule has 1 N–H and O–H groups in total. The molecule has 3 aromatic rings. The van der Waals surface area contributed by atoms with E-state index in [1.54, 1.807) is 13.1 Å². The Bertz CT molecular complexity index is 908. The molecule has 138 valence electrons. The third-order valence-electron chi connectivity index (χ3n) is 4.74. The van der Waals surface area contributed by atoms with Crippen molar-refractivity contribution in [3.63, 3.8) is 0 Å². The van der Waals surface area contributed by atoms with Crippen LogP contribution in [-0.4, -0.2) is 32.7 Å². The molecule has 2 amide bonds. The number of aryl methyl sites for hydroxylation is 1. The van der Waals surface area contributed by atoms with E-state index >= 15 is 0 Å². The molecule has 7 nitrogen and oxygen atoms in total. The van der Waals surface area contributed by atoms with Gasteiger partial charge in [0.2, 0.25) is 11.8 Å². The van der Waals surface area contributed by atoms with Gasteiger partial charge in [-0.3, -0.25) is 4.98 Å². The first-order valence-electron chi connectivity index (χ1n) is 9.09. The highest BCUT2D eigenvalue weighted by Gasteiger charge is 2.28. The Morgan fingerprint density at radius 2 is 2.04 bits per heavy atom. The first-order chi connectivity index (χ1) is 13.2. The Hall–Kier alpha value is -3.22. The predicted molar refractivity (Wildman–Crippen MR) is 101 cm³/mol. The van der Waals surface area contributed by atoms with Crippen molar-refractivity contribution in [2.24, 2.45) is 0 Å². The average Bonchev–Trinajstić information content (AvgIpc) is 3.15. The average molecular weight is 363 g/mol. The van der Waals surface area contributed by atoms with Gasteiger partial charge in [0.25, 0.3) is 0 Å². The van der Waals surface area contributed by atoms with E-state index in [9.17, 15) is 4.79 Å². The Morgan fingerprint density at radius 3 is 2.74 bits per heavy atom. The highest BCUT2D eigenvalue weighted by molar-refractivity contribution is 5.90. The van der Waals surface area contributed by atoms with E-state index in [0.29, 0.717) is 11.8 Å². The van der Waals surface area contributed by atoms with Crippen LogP contribution >= 0.6 is 0 Å². The van der Waals surface area contributed by atoms with Gasteiger partial charge in [-0.1, -0.05) is 6.07 Å².